The second kappa shape index (κ2) is 57.2. The van der Waals surface area contributed by atoms with Gasteiger partial charge in [0.25, 0.3) is 0 Å². The van der Waals surface area contributed by atoms with Crippen molar-refractivity contribution in [3.8, 4) is 0 Å². The average molecular weight is 962 g/mol. The number of hydrogen-bond donors (Lipinski definition) is 0. The summed E-state index contributed by atoms with van der Waals surface area (Å²) in [6.07, 6.45) is 74.3. The first-order chi connectivity index (χ1) is 34.0. The second-order valence-corrected chi connectivity index (χ2v) is 19.2. The van der Waals surface area contributed by atoms with E-state index in [0.29, 0.717) is 19.3 Å². The Bertz CT molecular complexity index is 1330. The largest absolute Gasteiger partial charge is 0.462 e. The molecule has 0 saturated carbocycles. The van der Waals surface area contributed by atoms with Crippen molar-refractivity contribution in [1.82, 2.24) is 0 Å². The molecule has 0 aliphatic heterocycles. The van der Waals surface area contributed by atoms with Gasteiger partial charge in [-0.3, -0.25) is 14.4 Å². The van der Waals surface area contributed by atoms with Crippen molar-refractivity contribution in [1.29, 1.82) is 0 Å². The summed E-state index contributed by atoms with van der Waals surface area (Å²) < 4.78 is 16.9. The van der Waals surface area contributed by atoms with Crippen LogP contribution in [-0.4, -0.2) is 37.2 Å². The molecule has 0 amide bonds. The maximum atomic E-state index is 12.9. The van der Waals surface area contributed by atoms with Crippen molar-refractivity contribution in [2.45, 2.75) is 284 Å². The van der Waals surface area contributed by atoms with Crippen molar-refractivity contribution in [3.05, 3.63) is 85.1 Å². The topological polar surface area (TPSA) is 78.9 Å². The summed E-state index contributed by atoms with van der Waals surface area (Å²) in [7, 11) is 0. The smallest absolute Gasteiger partial charge is 0.306 e. The molecule has 6 nitrogen and oxygen atoms in total. The van der Waals surface area contributed by atoms with Crippen LogP contribution >= 0.6 is 0 Å². The molecule has 0 radical (unpaired) electrons. The lowest BCUT2D eigenvalue weighted by Gasteiger charge is -2.18. The van der Waals surface area contributed by atoms with Gasteiger partial charge in [-0.15, -0.1) is 0 Å². The molecule has 0 N–H and O–H groups in total. The minimum absolute atomic E-state index is 0.0854. The van der Waals surface area contributed by atoms with E-state index in [1.54, 1.807) is 0 Å². The molecular formula is C63H108O6. The van der Waals surface area contributed by atoms with E-state index in [1.165, 1.54) is 135 Å². The van der Waals surface area contributed by atoms with Gasteiger partial charge >= 0.3 is 17.9 Å². The zero-order valence-corrected chi connectivity index (χ0v) is 45.3. The third-order valence-corrected chi connectivity index (χ3v) is 12.5. The lowest BCUT2D eigenvalue weighted by atomic mass is 10.0. The van der Waals surface area contributed by atoms with Crippen molar-refractivity contribution in [2.75, 3.05) is 13.2 Å². The summed E-state index contributed by atoms with van der Waals surface area (Å²) in [6.45, 7) is 6.39. The first-order valence-corrected chi connectivity index (χ1v) is 29.1. The molecule has 0 aliphatic carbocycles. The third kappa shape index (κ3) is 55.4. The average Bonchev–Trinajstić information content (AvgIpc) is 3.35. The number of esters is 3. The Morgan fingerprint density at radius 1 is 0.319 bits per heavy atom. The Labute approximate surface area is 426 Å². The lowest BCUT2D eigenvalue weighted by molar-refractivity contribution is -0.167. The van der Waals surface area contributed by atoms with Gasteiger partial charge in [0.05, 0.1) is 0 Å². The maximum absolute atomic E-state index is 12.9. The third-order valence-electron chi connectivity index (χ3n) is 12.5. The van der Waals surface area contributed by atoms with Crippen LogP contribution in [0.4, 0.5) is 0 Å². The first-order valence-electron chi connectivity index (χ1n) is 29.1. The van der Waals surface area contributed by atoms with Crippen LogP contribution in [-0.2, 0) is 28.6 Å². The van der Waals surface area contributed by atoms with Crippen molar-refractivity contribution >= 4 is 17.9 Å². The molecule has 1 atom stereocenters. The zero-order valence-electron chi connectivity index (χ0n) is 45.3. The van der Waals surface area contributed by atoms with Gasteiger partial charge in [-0.25, -0.2) is 0 Å². The number of carbonyl (C=O) groups excluding carboxylic acids is 3. The summed E-state index contributed by atoms with van der Waals surface area (Å²) in [5.74, 6) is -0.904. The summed E-state index contributed by atoms with van der Waals surface area (Å²) in [4.78, 5) is 38.2. The molecule has 0 fully saturated rings. The highest BCUT2D eigenvalue weighted by Gasteiger charge is 2.19. The van der Waals surface area contributed by atoms with Crippen LogP contribution in [0.1, 0.15) is 278 Å². The second-order valence-electron chi connectivity index (χ2n) is 19.2. The van der Waals surface area contributed by atoms with Crippen LogP contribution in [0.25, 0.3) is 0 Å². The van der Waals surface area contributed by atoms with Gasteiger partial charge in [0.15, 0.2) is 6.10 Å². The van der Waals surface area contributed by atoms with Crippen LogP contribution in [0.5, 0.6) is 0 Å². The Balaban J connectivity index is 4.40. The molecule has 6 heteroatoms. The lowest BCUT2D eigenvalue weighted by Crippen LogP contribution is -2.30. The molecule has 69 heavy (non-hydrogen) atoms. The summed E-state index contributed by atoms with van der Waals surface area (Å²) in [6, 6.07) is 0. The van der Waals surface area contributed by atoms with Gasteiger partial charge in [-0.2, -0.15) is 0 Å². The minimum atomic E-state index is -0.788. The number of carbonyl (C=O) groups is 3. The van der Waals surface area contributed by atoms with Crippen molar-refractivity contribution in [3.63, 3.8) is 0 Å². The predicted octanol–water partition coefficient (Wildman–Crippen LogP) is 19.5. The van der Waals surface area contributed by atoms with E-state index in [-0.39, 0.29) is 31.1 Å². The molecule has 396 valence electrons. The van der Waals surface area contributed by atoms with E-state index in [1.807, 2.05) is 18.2 Å². The van der Waals surface area contributed by atoms with Gasteiger partial charge in [-0.1, -0.05) is 273 Å². The molecule has 0 rings (SSSR count). The number of hydrogen-bond acceptors (Lipinski definition) is 6. The van der Waals surface area contributed by atoms with Crippen molar-refractivity contribution < 1.29 is 28.6 Å². The summed E-state index contributed by atoms with van der Waals surface area (Å²) in [5.41, 5.74) is 0. The Kier molecular flexibility index (Phi) is 54.3. The number of rotatable bonds is 52. The Morgan fingerprint density at radius 3 is 1.06 bits per heavy atom. The molecule has 1 unspecified atom stereocenters. The van der Waals surface area contributed by atoms with Crippen LogP contribution in [0.2, 0.25) is 0 Å². The first kappa shape index (κ1) is 65.6. The van der Waals surface area contributed by atoms with Gasteiger partial charge in [0.2, 0.25) is 0 Å². The van der Waals surface area contributed by atoms with Gasteiger partial charge in [-0.05, 0) is 70.6 Å². The molecule has 0 spiro atoms. The Hall–Kier alpha value is -3.41. The molecule has 0 aromatic carbocycles. The van der Waals surface area contributed by atoms with Gasteiger partial charge in [0, 0.05) is 19.3 Å². The van der Waals surface area contributed by atoms with Crippen LogP contribution < -0.4 is 0 Å². The number of allylic oxidation sites excluding steroid dienone is 14. The Morgan fingerprint density at radius 2 is 0.638 bits per heavy atom. The summed E-state index contributed by atoms with van der Waals surface area (Å²) >= 11 is 0. The SMILES string of the molecule is CC\C=C/C=C\C=C/C=C\CCCCCCCC(=O)OCC(COC(=O)CCCCCCCCCCC/C=C\C/C=C\C/C=C\CC)OC(=O)CCCCCCCCCCCCCCCCCCC. The van der Waals surface area contributed by atoms with Crippen LogP contribution in [0, 0.1) is 0 Å². The fraction of sp³-hybridized carbons (Fsp3) is 0.730. The molecule has 0 bridgehead atoms. The normalized spacial score (nSPS) is 12.7. The fourth-order valence-corrected chi connectivity index (χ4v) is 8.17. The highest BCUT2D eigenvalue weighted by Crippen LogP contribution is 2.16. The van der Waals surface area contributed by atoms with E-state index in [0.717, 1.165) is 103 Å². The van der Waals surface area contributed by atoms with E-state index < -0.39 is 6.10 Å². The van der Waals surface area contributed by atoms with Crippen molar-refractivity contribution in [2.24, 2.45) is 0 Å². The standard InChI is InChI=1S/C63H108O6/c1-4-7-10-13-16-19-22-25-28-30-31-33-35-38-41-44-47-50-53-56-62(65)68-59-60(58-67-61(64)55-52-49-46-43-40-37-34-27-24-21-18-15-12-9-6-3)69-63(66)57-54-51-48-45-42-39-36-32-29-26-23-20-17-14-11-8-5-2/h7,9-10,12,15-16,18-19,21,24-25,27-28,34,60H,4-6,8,11,13-14,17,20,22-23,26,29-33,35-59H2,1-3H3/b10-7-,12-9-,18-15-,19-16-,24-21-,28-25-,34-27-. The minimum Gasteiger partial charge on any atom is -0.462 e. The van der Waals surface area contributed by atoms with E-state index in [9.17, 15) is 14.4 Å². The number of ether oxygens (including phenoxy) is 3. The maximum Gasteiger partial charge on any atom is 0.306 e. The van der Waals surface area contributed by atoms with E-state index in [4.69, 9.17) is 14.2 Å². The highest BCUT2D eigenvalue weighted by atomic mass is 16.6. The fourth-order valence-electron chi connectivity index (χ4n) is 8.17. The quantitative estimate of drug-likeness (QED) is 0.0199. The van der Waals surface area contributed by atoms with Gasteiger partial charge < -0.3 is 14.2 Å². The monoisotopic (exact) mass is 961 g/mol. The molecule has 0 aliphatic rings. The number of unbranched alkanes of at least 4 members (excludes halogenated alkanes) is 30. The molecule has 0 saturated heterocycles. The molecule has 0 heterocycles. The summed E-state index contributed by atoms with van der Waals surface area (Å²) in [5, 5.41) is 0. The van der Waals surface area contributed by atoms with Crippen LogP contribution in [0.3, 0.4) is 0 Å². The molecule has 0 aromatic heterocycles. The zero-order chi connectivity index (χ0) is 50.0. The highest BCUT2D eigenvalue weighted by molar-refractivity contribution is 5.71. The van der Waals surface area contributed by atoms with E-state index in [2.05, 4.69) is 87.6 Å². The molecule has 0 aromatic rings. The van der Waals surface area contributed by atoms with Crippen LogP contribution in [0.15, 0.2) is 85.1 Å². The molecular weight excluding hydrogens is 853 g/mol. The van der Waals surface area contributed by atoms with Gasteiger partial charge in [0.1, 0.15) is 13.2 Å². The van der Waals surface area contributed by atoms with E-state index >= 15 is 0 Å². The predicted molar refractivity (Wildman–Crippen MR) is 297 cm³/mol.